The van der Waals surface area contributed by atoms with E-state index in [4.69, 9.17) is 4.74 Å². The van der Waals surface area contributed by atoms with Crippen LogP contribution in [0.3, 0.4) is 0 Å². The number of carbonyl (C=O) groups is 1. The Balaban J connectivity index is 2.16. The fourth-order valence-electron chi connectivity index (χ4n) is 2.14. The lowest BCUT2D eigenvalue weighted by Crippen LogP contribution is -2.01. The summed E-state index contributed by atoms with van der Waals surface area (Å²) in [6.07, 6.45) is 1.68. The summed E-state index contributed by atoms with van der Waals surface area (Å²) in [7, 11) is 0. The van der Waals surface area contributed by atoms with Crippen molar-refractivity contribution in [3.8, 4) is 11.6 Å². The molecular formula is C17H13NO3. The average molecular weight is 279 g/mol. The quantitative estimate of drug-likeness (QED) is 0.786. The first-order chi connectivity index (χ1) is 10.1. The standard InChI is InChI=1S/C17H13NO3/c1-11-6-9-15(18-10-11)21-16-13-5-3-2-4-12(13)7-8-14(16)17(19)20/h2-10H,1H3,(H,19,20). The number of nitrogens with zero attached hydrogens (tertiary/aromatic N) is 1. The number of carboxylic acid groups (broad SMARTS) is 1. The maximum Gasteiger partial charge on any atom is 0.339 e. The van der Waals surface area contributed by atoms with Gasteiger partial charge in [0.15, 0.2) is 5.75 Å². The Hall–Kier alpha value is -2.88. The number of rotatable bonds is 3. The maximum atomic E-state index is 11.4. The van der Waals surface area contributed by atoms with Crippen molar-refractivity contribution < 1.29 is 14.6 Å². The summed E-state index contributed by atoms with van der Waals surface area (Å²) in [5, 5.41) is 11.0. The molecule has 4 nitrogen and oxygen atoms in total. The molecule has 1 N–H and O–H groups in total. The van der Waals surface area contributed by atoms with Gasteiger partial charge in [-0.2, -0.15) is 0 Å². The smallest absolute Gasteiger partial charge is 0.339 e. The Morgan fingerprint density at radius 2 is 1.90 bits per heavy atom. The van der Waals surface area contributed by atoms with Gasteiger partial charge < -0.3 is 9.84 Å². The van der Waals surface area contributed by atoms with E-state index < -0.39 is 5.97 Å². The molecule has 104 valence electrons. The number of hydrogen-bond donors (Lipinski definition) is 1. The van der Waals surface area contributed by atoms with E-state index in [1.54, 1.807) is 24.4 Å². The van der Waals surface area contributed by atoms with Crippen LogP contribution in [0.2, 0.25) is 0 Å². The number of pyridine rings is 1. The summed E-state index contributed by atoms with van der Waals surface area (Å²) < 4.78 is 5.75. The summed E-state index contributed by atoms with van der Waals surface area (Å²) in [6, 6.07) is 14.4. The molecule has 3 aromatic rings. The molecule has 4 heteroatoms. The van der Waals surface area contributed by atoms with Gasteiger partial charge in [-0.1, -0.05) is 36.4 Å². The minimum atomic E-state index is -1.03. The Bertz CT molecular complexity index is 810. The Morgan fingerprint density at radius 3 is 2.62 bits per heavy atom. The molecule has 0 bridgehead atoms. The first kappa shape index (κ1) is 13.1. The largest absolute Gasteiger partial charge is 0.478 e. The topological polar surface area (TPSA) is 59.4 Å². The van der Waals surface area contributed by atoms with E-state index in [-0.39, 0.29) is 5.56 Å². The molecule has 0 amide bonds. The van der Waals surface area contributed by atoms with Crippen molar-refractivity contribution in [2.24, 2.45) is 0 Å². The van der Waals surface area contributed by atoms with Crippen molar-refractivity contribution in [3.05, 3.63) is 65.9 Å². The van der Waals surface area contributed by atoms with Crippen molar-refractivity contribution in [1.29, 1.82) is 0 Å². The van der Waals surface area contributed by atoms with Gasteiger partial charge in [-0.25, -0.2) is 9.78 Å². The summed E-state index contributed by atoms with van der Waals surface area (Å²) >= 11 is 0. The van der Waals surface area contributed by atoms with Crippen LogP contribution in [0, 0.1) is 6.92 Å². The van der Waals surface area contributed by atoms with E-state index in [1.165, 1.54) is 0 Å². The third-order valence-corrected chi connectivity index (χ3v) is 3.20. The van der Waals surface area contributed by atoms with Gasteiger partial charge in [0.05, 0.1) is 0 Å². The molecule has 0 radical (unpaired) electrons. The van der Waals surface area contributed by atoms with Crippen LogP contribution < -0.4 is 4.74 Å². The lowest BCUT2D eigenvalue weighted by molar-refractivity contribution is 0.0694. The second kappa shape index (κ2) is 5.25. The zero-order chi connectivity index (χ0) is 14.8. The number of fused-ring (bicyclic) bond motifs is 1. The van der Waals surface area contributed by atoms with Gasteiger partial charge in [0.2, 0.25) is 5.88 Å². The molecular weight excluding hydrogens is 266 g/mol. The molecule has 1 heterocycles. The van der Waals surface area contributed by atoms with Gasteiger partial charge in [0.25, 0.3) is 0 Å². The fraction of sp³-hybridized carbons (Fsp3) is 0.0588. The van der Waals surface area contributed by atoms with E-state index in [0.717, 1.165) is 16.3 Å². The number of aromatic carboxylic acids is 1. The highest BCUT2D eigenvalue weighted by atomic mass is 16.5. The number of carboxylic acids is 1. The molecule has 0 spiro atoms. The van der Waals surface area contributed by atoms with Crippen molar-refractivity contribution in [3.63, 3.8) is 0 Å². The maximum absolute atomic E-state index is 11.4. The second-order valence-electron chi connectivity index (χ2n) is 4.74. The Kier molecular flexibility index (Phi) is 3.28. The van der Waals surface area contributed by atoms with Gasteiger partial charge in [-0.3, -0.25) is 0 Å². The SMILES string of the molecule is Cc1ccc(Oc2c(C(=O)O)ccc3ccccc23)nc1. The highest BCUT2D eigenvalue weighted by Crippen LogP contribution is 2.33. The lowest BCUT2D eigenvalue weighted by Gasteiger charge is -2.11. The fourth-order valence-corrected chi connectivity index (χ4v) is 2.14. The summed E-state index contributed by atoms with van der Waals surface area (Å²) in [4.78, 5) is 15.6. The Labute approximate surface area is 121 Å². The van der Waals surface area contributed by atoms with E-state index in [1.807, 2.05) is 37.3 Å². The minimum Gasteiger partial charge on any atom is -0.478 e. The minimum absolute atomic E-state index is 0.121. The lowest BCUT2D eigenvalue weighted by atomic mass is 10.1. The molecule has 1 aromatic heterocycles. The zero-order valence-corrected chi connectivity index (χ0v) is 11.4. The number of aromatic nitrogens is 1. The van der Waals surface area contributed by atoms with Crippen molar-refractivity contribution >= 4 is 16.7 Å². The number of ether oxygens (including phenoxy) is 1. The molecule has 0 fully saturated rings. The van der Waals surface area contributed by atoms with Crippen LogP contribution in [0.25, 0.3) is 10.8 Å². The van der Waals surface area contributed by atoms with Gasteiger partial charge in [-0.15, -0.1) is 0 Å². The molecule has 2 aromatic carbocycles. The van der Waals surface area contributed by atoms with E-state index in [0.29, 0.717) is 11.6 Å². The van der Waals surface area contributed by atoms with Gasteiger partial charge in [0.1, 0.15) is 5.56 Å². The average Bonchev–Trinajstić information content (AvgIpc) is 2.49. The van der Waals surface area contributed by atoms with Crippen LogP contribution in [0.4, 0.5) is 0 Å². The monoisotopic (exact) mass is 279 g/mol. The van der Waals surface area contributed by atoms with Crippen LogP contribution >= 0.6 is 0 Å². The van der Waals surface area contributed by atoms with Crippen LogP contribution in [-0.2, 0) is 0 Å². The van der Waals surface area contributed by atoms with Crippen LogP contribution in [0.15, 0.2) is 54.7 Å². The first-order valence-electron chi connectivity index (χ1n) is 6.51. The molecule has 0 aliphatic carbocycles. The Morgan fingerprint density at radius 1 is 1.10 bits per heavy atom. The predicted octanol–water partition coefficient (Wildman–Crippen LogP) is 4.03. The normalized spacial score (nSPS) is 10.5. The number of benzene rings is 2. The molecule has 0 saturated carbocycles. The molecule has 0 saturated heterocycles. The van der Waals surface area contributed by atoms with Crippen molar-refractivity contribution in [2.45, 2.75) is 6.92 Å². The second-order valence-corrected chi connectivity index (χ2v) is 4.74. The predicted molar refractivity (Wildman–Crippen MR) is 80.0 cm³/mol. The summed E-state index contributed by atoms with van der Waals surface area (Å²) in [5.74, 6) is -0.334. The summed E-state index contributed by atoms with van der Waals surface area (Å²) in [5.41, 5.74) is 1.13. The third-order valence-electron chi connectivity index (χ3n) is 3.20. The van der Waals surface area contributed by atoms with Crippen LogP contribution in [-0.4, -0.2) is 16.1 Å². The van der Waals surface area contributed by atoms with Crippen molar-refractivity contribution in [1.82, 2.24) is 4.98 Å². The molecule has 0 aliphatic heterocycles. The number of hydrogen-bond acceptors (Lipinski definition) is 3. The molecule has 0 aliphatic rings. The first-order valence-corrected chi connectivity index (χ1v) is 6.51. The highest BCUT2D eigenvalue weighted by molar-refractivity contribution is 6.00. The van der Waals surface area contributed by atoms with Crippen LogP contribution in [0.1, 0.15) is 15.9 Å². The van der Waals surface area contributed by atoms with Crippen LogP contribution in [0.5, 0.6) is 11.6 Å². The van der Waals surface area contributed by atoms with E-state index in [9.17, 15) is 9.90 Å². The molecule has 0 unspecified atom stereocenters. The molecule has 3 rings (SSSR count). The van der Waals surface area contributed by atoms with Gasteiger partial charge >= 0.3 is 5.97 Å². The van der Waals surface area contributed by atoms with Gasteiger partial charge in [-0.05, 0) is 23.9 Å². The summed E-state index contributed by atoms with van der Waals surface area (Å²) in [6.45, 7) is 1.93. The van der Waals surface area contributed by atoms with Gasteiger partial charge in [0, 0.05) is 17.6 Å². The van der Waals surface area contributed by atoms with Crippen molar-refractivity contribution in [2.75, 3.05) is 0 Å². The van der Waals surface area contributed by atoms with E-state index >= 15 is 0 Å². The van der Waals surface area contributed by atoms with E-state index in [2.05, 4.69) is 4.98 Å². The molecule has 21 heavy (non-hydrogen) atoms. The third kappa shape index (κ3) is 2.56. The molecule has 0 atom stereocenters. The number of aryl methyl sites for hydroxylation is 1. The highest BCUT2D eigenvalue weighted by Gasteiger charge is 2.15. The zero-order valence-electron chi connectivity index (χ0n) is 11.4.